The lowest BCUT2D eigenvalue weighted by Gasteiger charge is -2.06. The first kappa shape index (κ1) is 11.8. The van der Waals surface area contributed by atoms with Crippen LogP contribution in [0.1, 0.15) is 10.4 Å². The van der Waals surface area contributed by atoms with Gasteiger partial charge >= 0.3 is 5.97 Å². The average Bonchev–Trinajstić information content (AvgIpc) is 2.32. The second-order valence-electron chi connectivity index (χ2n) is 3.22. The molecule has 0 fully saturated rings. The molecule has 0 spiro atoms. The summed E-state index contributed by atoms with van der Waals surface area (Å²) in [6.07, 6.45) is 1.41. The number of aromatic carboxylic acids is 1. The number of para-hydroxylation sites is 1. The molecule has 17 heavy (non-hydrogen) atoms. The molecule has 0 amide bonds. The minimum atomic E-state index is -1.000. The number of hydrogen-bond donors (Lipinski definition) is 1. The fraction of sp³-hybridized carbons (Fsp3) is 0. The maximum absolute atomic E-state index is 10.8. The number of carbonyl (C=O) groups is 1. The molecule has 0 unspecified atom stereocenters. The molecule has 86 valence electrons. The maximum Gasteiger partial charge on any atom is 0.335 e. The number of carboxylic acid groups (broad SMARTS) is 1. The summed E-state index contributed by atoms with van der Waals surface area (Å²) in [5.74, 6) is -0.0721. The molecule has 1 aromatic carbocycles. The number of rotatable bonds is 3. The van der Waals surface area contributed by atoms with Crippen LogP contribution in [0, 0.1) is 3.57 Å². The molecular weight excluding hydrogens is 333 g/mol. The van der Waals surface area contributed by atoms with Crippen LogP contribution in [0.4, 0.5) is 0 Å². The minimum absolute atomic E-state index is 0.154. The molecule has 0 aliphatic rings. The molecule has 2 aromatic rings. The number of ether oxygens (including phenoxy) is 1. The Morgan fingerprint density at radius 3 is 2.76 bits per heavy atom. The molecule has 4 nitrogen and oxygen atoms in total. The highest BCUT2D eigenvalue weighted by atomic mass is 127. The number of aromatic nitrogens is 1. The van der Waals surface area contributed by atoms with Gasteiger partial charge in [0.2, 0.25) is 5.88 Å². The van der Waals surface area contributed by atoms with Crippen molar-refractivity contribution in [3.63, 3.8) is 0 Å². The Morgan fingerprint density at radius 2 is 2.06 bits per heavy atom. The lowest BCUT2D eigenvalue weighted by atomic mass is 10.3. The largest absolute Gasteiger partial charge is 0.478 e. The number of halogens is 1. The SMILES string of the molecule is O=C(O)c1ccnc(Oc2ccccc2I)c1. The van der Waals surface area contributed by atoms with Gasteiger partial charge in [0.05, 0.1) is 9.13 Å². The van der Waals surface area contributed by atoms with Gasteiger partial charge in [-0.15, -0.1) is 0 Å². The Kier molecular flexibility index (Phi) is 3.58. The van der Waals surface area contributed by atoms with Crippen molar-refractivity contribution >= 4 is 28.6 Å². The van der Waals surface area contributed by atoms with E-state index < -0.39 is 5.97 Å². The van der Waals surface area contributed by atoms with Gasteiger partial charge in [-0.3, -0.25) is 0 Å². The average molecular weight is 341 g/mol. The van der Waals surface area contributed by atoms with Crippen molar-refractivity contribution in [1.29, 1.82) is 0 Å². The Labute approximate surface area is 111 Å². The Balaban J connectivity index is 2.28. The molecule has 0 aliphatic carbocycles. The first-order valence-electron chi connectivity index (χ1n) is 4.78. The molecule has 0 radical (unpaired) electrons. The van der Waals surface area contributed by atoms with Gasteiger partial charge in [0.15, 0.2) is 0 Å². The molecule has 2 rings (SSSR count). The van der Waals surface area contributed by atoms with Gasteiger partial charge in [0, 0.05) is 12.3 Å². The van der Waals surface area contributed by atoms with E-state index >= 15 is 0 Å². The maximum atomic E-state index is 10.8. The summed E-state index contributed by atoms with van der Waals surface area (Å²) >= 11 is 2.14. The van der Waals surface area contributed by atoms with Crippen LogP contribution >= 0.6 is 22.6 Å². The second-order valence-corrected chi connectivity index (χ2v) is 4.38. The van der Waals surface area contributed by atoms with E-state index in [1.807, 2.05) is 18.2 Å². The highest BCUT2D eigenvalue weighted by molar-refractivity contribution is 14.1. The normalized spacial score (nSPS) is 9.94. The zero-order valence-electron chi connectivity index (χ0n) is 8.63. The molecule has 0 bridgehead atoms. The number of carboxylic acids is 1. The molecule has 0 aliphatic heterocycles. The van der Waals surface area contributed by atoms with Crippen molar-refractivity contribution < 1.29 is 14.6 Å². The van der Waals surface area contributed by atoms with Crippen molar-refractivity contribution in [2.45, 2.75) is 0 Å². The zero-order valence-corrected chi connectivity index (χ0v) is 10.8. The fourth-order valence-corrected chi connectivity index (χ4v) is 1.74. The van der Waals surface area contributed by atoms with Crippen LogP contribution in [-0.4, -0.2) is 16.1 Å². The minimum Gasteiger partial charge on any atom is -0.478 e. The summed E-state index contributed by atoms with van der Waals surface area (Å²) in [6.45, 7) is 0. The molecule has 1 N–H and O–H groups in total. The number of nitrogens with zero attached hydrogens (tertiary/aromatic N) is 1. The van der Waals surface area contributed by atoms with Crippen LogP contribution in [0.15, 0.2) is 42.6 Å². The van der Waals surface area contributed by atoms with E-state index in [1.54, 1.807) is 6.07 Å². The van der Waals surface area contributed by atoms with Gasteiger partial charge in [-0.2, -0.15) is 0 Å². The van der Waals surface area contributed by atoms with Crippen molar-refractivity contribution in [3.05, 3.63) is 51.7 Å². The number of pyridine rings is 1. The Bertz CT molecular complexity index is 557. The second kappa shape index (κ2) is 5.13. The molecule has 1 aromatic heterocycles. The lowest BCUT2D eigenvalue weighted by Crippen LogP contribution is -1.98. The van der Waals surface area contributed by atoms with E-state index in [0.717, 1.165) is 3.57 Å². The summed E-state index contributed by atoms with van der Waals surface area (Å²) in [7, 11) is 0. The van der Waals surface area contributed by atoms with Crippen LogP contribution in [0.2, 0.25) is 0 Å². The van der Waals surface area contributed by atoms with E-state index in [0.29, 0.717) is 5.75 Å². The highest BCUT2D eigenvalue weighted by Crippen LogP contribution is 2.25. The van der Waals surface area contributed by atoms with E-state index in [4.69, 9.17) is 9.84 Å². The third kappa shape index (κ3) is 2.94. The van der Waals surface area contributed by atoms with Gasteiger partial charge in [0.1, 0.15) is 5.75 Å². The predicted molar refractivity (Wildman–Crippen MR) is 70.4 cm³/mol. The van der Waals surface area contributed by atoms with Crippen LogP contribution in [0.5, 0.6) is 11.6 Å². The van der Waals surface area contributed by atoms with Gasteiger partial charge in [-0.25, -0.2) is 9.78 Å². The monoisotopic (exact) mass is 341 g/mol. The topological polar surface area (TPSA) is 59.4 Å². The fourth-order valence-electron chi connectivity index (χ4n) is 1.24. The summed E-state index contributed by atoms with van der Waals surface area (Å²) in [5.41, 5.74) is 0.154. The molecule has 0 saturated heterocycles. The van der Waals surface area contributed by atoms with E-state index in [9.17, 15) is 4.79 Å². The molecular formula is C12H8INO3. The van der Waals surface area contributed by atoms with Crippen LogP contribution in [0.25, 0.3) is 0 Å². The van der Waals surface area contributed by atoms with Gasteiger partial charge in [0.25, 0.3) is 0 Å². The standard InChI is InChI=1S/C12H8INO3/c13-9-3-1-2-4-10(9)17-11-7-8(12(15)16)5-6-14-11/h1-7H,(H,15,16). The van der Waals surface area contributed by atoms with Gasteiger partial charge in [-0.1, -0.05) is 12.1 Å². The first-order chi connectivity index (χ1) is 8.16. The quantitative estimate of drug-likeness (QED) is 0.872. The molecule has 5 heteroatoms. The van der Waals surface area contributed by atoms with Crippen molar-refractivity contribution in [1.82, 2.24) is 4.98 Å². The van der Waals surface area contributed by atoms with Crippen molar-refractivity contribution in [2.24, 2.45) is 0 Å². The highest BCUT2D eigenvalue weighted by Gasteiger charge is 2.07. The third-order valence-electron chi connectivity index (χ3n) is 2.03. The van der Waals surface area contributed by atoms with Crippen LogP contribution < -0.4 is 4.74 Å². The summed E-state index contributed by atoms with van der Waals surface area (Å²) < 4.78 is 6.46. The lowest BCUT2D eigenvalue weighted by molar-refractivity contribution is 0.0696. The Hall–Kier alpha value is -1.63. The van der Waals surface area contributed by atoms with E-state index in [2.05, 4.69) is 27.6 Å². The summed E-state index contributed by atoms with van der Waals surface area (Å²) in [4.78, 5) is 14.8. The predicted octanol–water partition coefficient (Wildman–Crippen LogP) is 3.18. The smallest absolute Gasteiger partial charge is 0.335 e. The van der Waals surface area contributed by atoms with Crippen LogP contribution in [-0.2, 0) is 0 Å². The zero-order chi connectivity index (χ0) is 12.3. The van der Waals surface area contributed by atoms with Gasteiger partial charge < -0.3 is 9.84 Å². The Morgan fingerprint density at radius 1 is 1.29 bits per heavy atom. The van der Waals surface area contributed by atoms with Crippen molar-refractivity contribution in [3.8, 4) is 11.6 Å². The number of hydrogen-bond acceptors (Lipinski definition) is 3. The van der Waals surface area contributed by atoms with Crippen LogP contribution in [0.3, 0.4) is 0 Å². The molecule has 0 atom stereocenters. The summed E-state index contributed by atoms with van der Waals surface area (Å²) in [6, 6.07) is 10.3. The van der Waals surface area contributed by atoms with Gasteiger partial charge in [-0.05, 0) is 40.8 Å². The third-order valence-corrected chi connectivity index (χ3v) is 2.92. The van der Waals surface area contributed by atoms with E-state index in [-0.39, 0.29) is 11.4 Å². The first-order valence-corrected chi connectivity index (χ1v) is 5.86. The van der Waals surface area contributed by atoms with E-state index in [1.165, 1.54) is 18.3 Å². The van der Waals surface area contributed by atoms with Crippen molar-refractivity contribution in [2.75, 3.05) is 0 Å². The molecule has 1 heterocycles. The molecule has 0 saturated carbocycles. The number of benzene rings is 1. The summed E-state index contributed by atoms with van der Waals surface area (Å²) in [5, 5.41) is 8.85.